The highest BCUT2D eigenvalue weighted by molar-refractivity contribution is 6.30. The summed E-state index contributed by atoms with van der Waals surface area (Å²) in [6, 6.07) is 6.27. The Bertz CT molecular complexity index is 825. The molecule has 1 aromatic carbocycles. The number of hydrogen-bond acceptors (Lipinski definition) is 5. The summed E-state index contributed by atoms with van der Waals surface area (Å²) in [5, 5.41) is 4.72. The zero-order chi connectivity index (χ0) is 16.7. The largest absolute Gasteiger partial charge is 0.384 e. The Labute approximate surface area is 137 Å². The molecule has 1 aromatic heterocycles. The van der Waals surface area contributed by atoms with Gasteiger partial charge in [-0.2, -0.15) is 5.10 Å². The molecule has 2 aromatic rings. The highest BCUT2D eigenvalue weighted by atomic mass is 35.5. The Balaban J connectivity index is 2.17. The van der Waals surface area contributed by atoms with Crippen LogP contribution in [0.5, 0.6) is 0 Å². The van der Waals surface area contributed by atoms with Crippen molar-refractivity contribution in [1.82, 2.24) is 9.78 Å². The van der Waals surface area contributed by atoms with Crippen LogP contribution in [-0.2, 0) is 0 Å². The van der Waals surface area contributed by atoms with E-state index >= 15 is 0 Å². The molecule has 0 aliphatic carbocycles. The molecule has 6 nitrogen and oxygen atoms in total. The number of amidine groups is 1. The second-order valence-corrected chi connectivity index (χ2v) is 5.71. The Morgan fingerprint density at radius 1 is 1.26 bits per heavy atom. The first kappa shape index (κ1) is 15.5. The molecule has 8 heteroatoms. The molecule has 0 saturated heterocycles. The van der Waals surface area contributed by atoms with E-state index < -0.39 is 12.1 Å². The number of nitrogens with two attached hydrogens (primary N) is 2. The van der Waals surface area contributed by atoms with Crippen LogP contribution in [0.25, 0.3) is 5.82 Å². The third-order valence-electron chi connectivity index (χ3n) is 3.47. The molecule has 23 heavy (non-hydrogen) atoms. The van der Waals surface area contributed by atoms with Crippen molar-refractivity contribution in [2.24, 2.45) is 16.5 Å². The number of aliphatic imine (C=N–C) groups is 1. The first-order valence-corrected chi connectivity index (χ1v) is 7.33. The summed E-state index contributed by atoms with van der Waals surface area (Å²) >= 11 is 5.83. The molecule has 4 N–H and O–H groups in total. The van der Waals surface area contributed by atoms with E-state index in [4.69, 9.17) is 23.1 Å². The fourth-order valence-electron chi connectivity index (χ4n) is 2.55. The zero-order valence-corrected chi connectivity index (χ0v) is 13.4. The van der Waals surface area contributed by atoms with Crippen LogP contribution < -0.4 is 16.4 Å². The summed E-state index contributed by atoms with van der Waals surface area (Å²) in [6.45, 7) is 3.77. The molecule has 0 spiro atoms. The van der Waals surface area contributed by atoms with Crippen LogP contribution in [0.2, 0.25) is 5.02 Å². The number of nitrogens with zero attached hydrogens (tertiary/aromatic N) is 4. The molecule has 2 heterocycles. The van der Waals surface area contributed by atoms with Gasteiger partial charge in [0.25, 0.3) is 0 Å². The number of rotatable bonds is 2. The van der Waals surface area contributed by atoms with Crippen LogP contribution in [0.1, 0.15) is 11.4 Å². The van der Waals surface area contributed by atoms with Gasteiger partial charge in [0.05, 0.1) is 11.4 Å². The van der Waals surface area contributed by atoms with Crippen molar-refractivity contribution in [3.8, 4) is 0 Å². The molecule has 3 rings (SSSR count). The van der Waals surface area contributed by atoms with Gasteiger partial charge >= 0.3 is 0 Å². The monoisotopic (exact) mass is 334 g/mol. The Morgan fingerprint density at radius 3 is 2.61 bits per heavy atom. The average Bonchev–Trinajstić information content (AvgIpc) is 2.78. The normalized spacial score (nSPS) is 18.0. The van der Waals surface area contributed by atoms with Gasteiger partial charge in [0.15, 0.2) is 6.29 Å². The minimum atomic E-state index is -0.866. The third-order valence-corrected chi connectivity index (χ3v) is 3.70. The molecule has 1 aliphatic heterocycles. The van der Waals surface area contributed by atoms with E-state index in [9.17, 15) is 4.39 Å². The Kier molecular flexibility index (Phi) is 3.83. The number of halogens is 2. The van der Waals surface area contributed by atoms with Crippen molar-refractivity contribution in [1.29, 1.82) is 0 Å². The topological polar surface area (TPSA) is 85.5 Å². The molecule has 0 fully saturated rings. The molecule has 1 atom stereocenters. The lowest BCUT2D eigenvalue weighted by molar-refractivity contribution is 0.604. The fraction of sp³-hybridized carbons (Fsp3) is 0.200. The molecule has 1 unspecified atom stereocenters. The van der Waals surface area contributed by atoms with E-state index in [1.807, 2.05) is 19.9 Å². The number of anilines is 1. The smallest absolute Gasteiger partial charge is 0.181 e. The van der Waals surface area contributed by atoms with Crippen LogP contribution in [-0.4, -0.2) is 21.9 Å². The molecule has 0 amide bonds. The second-order valence-electron chi connectivity index (χ2n) is 5.27. The summed E-state index contributed by atoms with van der Waals surface area (Å²) in [5.74, 6) is 0.276. The maximum absolute atomic E-state index is 14.4. The van der Waals surface area contributed by atoms with Gasteiger partial charge in [0.1, 0.15) is 17.5 Å². The van der Waals surface area contributed by atoms with E-state index in [0.29, 0.717) is 10.8 Å². The van der Waals surface area contributed by atoms with Crippen molar-refractivity contribution in [3.63, 3.8) is 0 Å². The molecular weight excluding hydrogens is 319 g/mol. The van der Waals surface area contributed by atoms with E-state index in [1.165, 1.54) is 11.0 Å². The van der Waals surface area contributed by atoms with Crippen LogP contribution in [0.4, 0.5) is 10.1 Å². The summed E-state index contributed by atoms with van der Waals surface area (Å²) in [4.78, 5) is 5.63. The highest BCUT2D eigenvalue weighted by Gasteiger charge is 2.28. The van der Waals surface area contributed by atoms with E-state index in [2.05, 4.69) is 10.1 Å². The van der Waals surface area contributed by atoms with Gasteiger partial charge < -0.3 is 5.73 Å². The lowest BCUT2D eigenvalue weighted by Crippen LogP contribution is -2.45. The molecule has 1 aliphatic rings. The van der Waals surface area contributed by atoms with Crippen molar-refractivity contribution < 1.29 is 4.39 Å². The summed E-state index contributed by atoms with van der Waals surface area (Å²) in [7, 11) is 0. The van der Waals surface area contributed by atoms with Crippen molar-refractivity contribution in [2.45, 2.75) is 20.1 Å². The summed E-state index contributed by atoms with van der Waals surface area (Å²) in [5.41, 5.74) is 13.8. The van der Waals surface area contributed by atoms with Gasteiger partial charge in [-0.15, -0.1) is 0 Å². The third kappa shape index (κ3) is 2.80. The summed E-state index contributed by atoms with van der Waals surface area (Å²) in [6.07, 6.45) is 0.742. The lowest BCUT2D eigenvalue weighted by Gasteiger charge is -2.33. The minimum Gasteiger partial charge on any atom is -0.384 e. The van der Waals surface area contributed by atoms with Crippen molar-refractivity contribution in [2.75, 3.05) is 4.90 Å². The van der Waals surface area contributed by atoms with Crippen molar-refractivity contribution >= 4 is 28.9 Å². The average molecular weight is 335 g/mol. The lowest BCUT2D eigenvalue weighted by atomic mass is 10.2. The SMILES string of the molecule is Cc1cc(C)n(C2=CC(N)=NC(N)N2c2ccc(Cl)cc2F)n1. The first-order valence-electron chi connectivity index (χ1n) is 6.95. The Morgan fingerprint density at radius 2 is 2.00 bits per heavy atom. The molecule has 0 radical (unpaired) electrons. The Hall–Kier alpha value is -2.38. The van der Waals surface area contributed by atoms with Gasteiger partial charge in [-0.1, -0.05) is 11.6 Å². The molecule has 120 valence electrons. The van der Waals surface area contributed by atoms with Crippen molar-refractivity contribution in [3.05, 3.63) is 52.6 Å². The van der Waals surface area contributed by atoms with E-state index in [1.54, 1.807) is 22.9 Å². The number of aryl methyl sites for hydroxylation is 2. The van der Waals surface area contributed by atoms with Gasteiger partial charge in [-0.05, 0) is 38.1 Å². The quantitative estimate of drug-likeness (QED) is 0.881. The molecule has 0 bridgehead atoms. The standard InChI is InChI=1S/C15H16ClFN6/c1-8-5-9(2)23(21-8)14-7-13(18)20-15(19)22(14)12-4-3-10(16)6-11(12)17/h3-7,15H,19H2,1-2H3,(H2,18,20). The first-order chi connectivity index (χ1) is 10.9. The molecule has 0 saturated carbocycles. The van der Waals surface area contributed by atoms with Gasteiger partial charge in [0, 0.05) is 16.8 Å². The molecular formula is C15H16ClFN6. The predicted molar refractivity (Wildman–Crippen MR) is 89.5 cm³/mol. The van der Waals surface area contributed by atoms with Gasteiger partial charge in [-0.3, -0.25) is 10.6 Å². The van der Waals surface area contributed by atoms with Gasteiger partial charge in [-0.25, -0.2) is 14.1 Å². The maximum atomic E-state index is 14.4. The zero-order valence-electron chi connectivity index (χ0n) is 12.7. The van der Waals surface area contributed by atoms with Crippen LogP contribution in [0, 0.1) is 19.7 Å². The maximum Gasteiger partial charge on any atom is 0.181 e. The van der Waals surface area contributed by atoms with Gasteiger partial charge in [0.2, 0.25) is 0 Å². The van der Waals surface area contributed by atoms with Crippen LogP contribution >= 0.6 is 11.6 Å². The summed E-state index contributed by atoms with van der Waals surface area (Å²) < 4.78 is 16.0. The van der Waals surface area contributed by atoms with E-state index in [0.717, 1.165) is 11.4 Å². The second kappa shape index (κ2) is 5.68. The van der Waals surface area contributed by atoms with Crippen LogP contribution in [0.15, 0.2) is 35.3 Å². The predicted octanol–water partition coefficient (Wildman–Crippen LogP) is 2.21. The fourth-order valence-corrected chi connectivity index (χ4v) is 2.71. The van der Waals surface area contributed by atoms with Crippen LogP contribution in [0.3, 0.4) is 0 Å². The number of aromatic nitrogens is 2. The number of benzene rings is 1. The van der Waals surface area contributed by atoms with E-state index in [-0.39, 0.29) is 11.5 Å². The minimum absolute atomic E-state index is 0.247. The number of hydrogen-bond donors (Lipinski definition) is 2. The highest BCUT2D eigenvalue weighted by Crippen LogP contribution is 2.31.